The van der Waals surface area contributed by atoms with Gasteiger partial charge in [-0.2, -0.15) is 0 Å². The Balaban J connectivity index is 2.09. The molecule has 1 aliphatic heterocycles. The molecular weight excluding hydrogens is 152 g/mol. The summed E-state index contributed by atoms with van der Waals surface area (Å²) in [5.74, 6) is 0. The highest BCUT2D eigenvalue weighted by Gasteiger charge is 2.18. The SMILES string of the molecule is CC1CCCN1CCCN=[N+]=[N-]. The lowest BCUT2D eigenvalue weighted by atomic mass is 10.2. The maximum Gasteiger partial charge on any atom is 0.0270 e. The topological polar surface area (TPSA) is 52.0 Å². The average Bonchev–Trinajstić information content (AvgIpc) is 2.46. The van der Waals surface area contributed by atoms with E-state index in [0.717, 1.165) is 19.0 Å². The largest absolute Gasteiger partial charge is 0.301 e. The molecule has 0 bridgehead atoms. The highest BCUT2D eigenvalue weighted by Crippen LogP contribution is 2.15. The number of hydrogen-bond donors (Lipinski definition) is 0. The summed E-state index contributed by atoms with van der Waals surface area (Å²) in [7, 11) is 0. The van der Waals surface area contributed by atoms with Gasteiger partial charge in [0.2, 0.25) is 0 Å². The van der Waals surface area contributed by atoms with Crippen molar-refractivity contribution in [1.29, 1.82) is 0 Å². The summed E-state index contributed by atoms with van der Waals surface area (Å²) >= 11 is 0. The first-order valence-electron chi connectivity index (χ1n) is 4.59. The van der Waals surface area contributed by atoms with E-state index < -0.39 is 0 Å². The quantitative estimate of drug-likeness (QED) is 0.275. The normalized spacial score (nSPS) is 23.9. The van der Waals surface area contributed by atoms with Crippen LogP contribution in [0.25, 0.3) is 10.4 Å². The molecule has 4 nitrogen and oxygen atoms in total. The minimum absolute atomic E-state index is 0.639. The van der Waals surface area contributed by atoms with Gasteiger partial charge >= 0.3 is 0 Å². The summed E-state index contributed by atoms with van der Waals surface area (Å²) in [6, 6.07) is 0.732. The Morgan fingerprint density at radius 1 is 1.67 bits per heavy atom. The molecule has 12 heavy (non-hydrogen) atoms. The minimum Gasteiger partial charge on any atom is -0.301 e. The Labute approximate surface area is 73.2 Å². The first-order chi connectivity index (χ1) is 5.84. The molecule has 68 valence electrons. The number of likely N-dealkylation sites (tertiary alicyclic amines) is 1. The van der Waals surface area contributed by atoms with Crippen LogP contribution in [0.15, 0.2) is 5.11 Å². The van der Waals surface area contributed by atoms with Gasteiger partial charge in [0.15, 0.2) is 0 Å². The van der Waals surface area contributed by atoms with E-state index in [9.17, 15) is 0 Å². The standard InChI is InChI=1S/C8H16N4/c1-8-4-2-6-12(8)7-3-5-10-11-9/h8H,2-7H2,1H3. The maximum atomic E-state index is 8.05. The highest BCUT2D eigenvalue weighted by molar-refractivity contribution is 4.74. The van der Waals surface area contributed by atoms with E-state index in [1.807, 2.05) is 0 Å². The van der Waals surface area contributed by atoms with Gasteiger partial charge in [-0.3, -0.25) is 0 Å². The minimum atomic E-state index is 0.639. The van der Waals surface area contributed by atoms with Crippen LogP contribution in [0, 0.1) is 0 Å². The van der Waals surface area contributed by atoms with E-state index >= 15 is 0 Å². The molecule has 1 saturated heterocycles. The number of azide groups is 1. The van der Waals surface area contributed by atoms with Gasteiger partial charge in [0.25, 0.3) is 0 Å². The molecular formula is C8H16N4. The average molecular weight is 168 g/mol. The summed E-state index contributed by atoms with van der Waals surface area (Å²) < 4.78 is 0. The van der Waals surface area contributed by atoms with Crippen molar-refractivity contribution in [2.75, 3.05) is 19.6 Å². The summed E-state index contributed by atoms with van der Waals surface area (Å²) in [5.41, 5.74) is 8.05. The highest BCUT2D eigenvalue weighted by atomic mass is 15.2. The molecule has 0 saturated carbocycles. The van der Waals surface area contributed by atoms with E-state index in [2.05, 4.69) is 21.8 Å². The molecule has 0 amide bonds. The first-order valence-corrected chi connectivity index (χ1v) is 4.59. The van der Waals surface area contributed by atoms with E-state index in [4.69, 9.17) is 5.53 Å². The smallest absolute Gasteiger partial charge is 0.0270 e. The lowest BCUT2D eigenvalue weighted by Crippen LogP contribution is -2.28. The molecule has 0 spiro atoms. The predicted molar refractivity (Wildman–Crippen MR) is 48.9 cm³/mol. The predicted octanol–water partition coefficient (Wildman–Crippen LogP) is 2.17. The third kappa shape index (κ3) is 2.72. The first kappa shape index (κ1) is 9.36. The molecule has 0 aromatic rings. The fourth-order valence-corrected chi connectivity index (χ4v) is 1.71. The van der Waals surface area contributed by atoms with Gasteiger partial charge in [-0.05, 0) is 44.8 Å². The van der Waals surface area contributed by atoms with Crippen molar-refractivity contribution in [3.63, 3.8) is 0 Å². The third-order valence-corrected chi connectivity index (χ3v) is 2.46. The monoisotopic (exact) mass is 168 g/mol. The summed E-state index contributed by atoms with van der Waals surface area (Å²) in [5, 5.41) is 3.51. The number of hydrogen-bond acceptors (Lipinski definition) is 2. The van der Waals surface area contributed by atoms with Crippen molar-refractivity contribution in [3.05, 3.63) is 10.4 Å². The Kier molecular flexibility index (Phi) is 3.91. The van der Waals surface area contributed by atoms with Crippen LogP contribution < -0.4 is 0 Å². The van der Waals surface area contributed by atoms with Crippen molar-refractivity contribution >= 4 is 0 Å². The molecule has 1 atom stereocenters. The van der Waals surface area contributed by atoms with Crippen LogP contribution in [-0.2, 0) is 0 Å². The molecule has 0 aliphatic carbocycles. The zero-order valence-corrected chi connectivity index (χ0v) is 7.61. The van der Waals surface area contributed by atoms with E-state index in [-0.39, 0.29) is 0 Å². The van der Waals surface area contributed by atoms with Crippen molar-refractivity contribution < 1.29 is 0 Å². The Hall–Kier alpha value is -0.730. The zero-order chi connectivity index (χ0) is 8.81. The Bertz CT molecular complexity index is 174. The van der Waals surface area contributed by atoms with Crippen LogP contribution in [0.1, 0.15) is 26.2 Å². The lowest BCUT2D eigenvalue weighted by Gasteiger charge is -2.19. The van der Waals surface area contributed by atoms with Crippen molar-refractivity contribution in [2.45, 2.75) is 32.2 Å². The van der Waals surface area contributed by atoms with Gasteiger partial charge in [-0.1, -0.05) is 5.11 Å². The number of rotatable bonds is 4. The molecule has 0 N–H and O–H groups in total. The summed E-state index contributed by atoms with van der Waals surface area (Å²) in [4.78, 5) is 5.19. The molecule has 0 radical (unpaired) electrons. The van der Waals surface area contributed by atoms with Gasteiger partial charge in [0, 0.05) is 17.5 Å². The molecule has 1 fully saturated rings. The fraction of sp³-hybridized carbons (Fsp3) is 1.00. The van der Waals surface area contributed by atoms with Crippen molar-refractivity contribution in [2.24, 2.45) is 5.11 Å². The second-order valence-electron chi connectivity index (χ2n) is 3.34. The molecule has 0 aromatic heterocycles. The molecule has 4 heteroatoms. The van der Waals surface area contributed by atoms with Crippen LogP contribution >= 0.6 is 0 Å². The van der Waals surface area contributed by atoms with Crippen molar-refractivity contribution in [1.82, 2.24) is 4.90 Å². The fourth-order valence-electron chi connectivity index (χ4n) is 1.71. The van der Waals surface area contributed by atoms with Crippen LogP contribution in [0.5, 0.6) is 0 Å². The van der Waals surface area contributed by atoms with Crippen molar-refractivity contribution in [3.8, 4) is 0 Å². The third-order valence-electron chi connectivity index (χ3n) is 2.46. The van der Waals surface area contributed by atoms with Gasteiger partial charge in [0.05, 0.1) is 0 Å². The van der Waals surface area contributed by atoms with Crippen LogP contribution in [-0.4, -0.2) is 30.6 Å². The molecule has 0 aromatic carbocycles. The second kappa shape index (κ2) is 5.01. The van der Waals surface area contributed by atoms with Gasteiger partial charge in [-0.25, -0.2) is 0 Å². The second-order valence-corrected chi connectivity index (χ2v) is 3.34. The Morgan fingerprint density at radius 3 is 3.08 bits per heavy atom. The molecule has 1 rings (SSSR count). The summed E-state index contributed by atoms with van der Waals surface area (Å²) in [6.45, 7) is 5.21. The van der Waals surface area contributed by atoms with Gasteiger partial charge < -0.3 is 4.90 Å². The van der Waals surface area contributed by atoms with Gasteiger partial charge in [0.1, 0.15) is 0 Å². The van der Waals surface area contributed by atoms with E-state index in [0.29, 0.717) is 6.54 Å². The molecule has 1 unspecified atom stereocenters. The zero-order valence-electron chi connectivity index (χ0n) is 7.61. The van der Waals surface area contributed by atoms with Gasteiger partial charge in [-0.15, -0.1) is 0 Å². The molecule has 1 aliphatic rings. The van der Waals surface area contributed by atoms with E-state index in [1.165, 1.54) is 19.4 Å². The summed E-state index contributed by atoms with van der Waals surface area (Å²) in [6.07, 6.45) is 3.64. The maximum absolute atomic E-state index is 8.05. The van der Waals surface area contributed by atoms with Crippen LogP contribution in [0.3, 0.4) is 0 Å². The number of nitrogens with zero attached hydrogens (tertiary/aromatic N) is 4. The van der Waals surface area contributed by atoms with Crippen LogP contribution in [0.4, 0.5) is 0 Å². The van der Waals surface area contributed by atoms with E-state index in [1.54, 1.807) is 0 Å². The lowest BCUT2D eigenvalue weighted by molar-refractivity contribution is 0.267. The Morgan fingerprint density at radius 2 is 2.50 bits per heavy atom. The molecule has 1 heterocycles. The van der Waals surface area contributed by atoms with Crippen LogP contribution in [0.2, 0.25) is 0 Å².